The molecule has 0 aliphatic heterocycles. The van der Waals surface area contributed by atoms with Crippen LogP contribution in [0.3, 0.4) is 0 Å². The maximum atomic E-state index is 14.2. The third-order valence-electron chi connectivity index (χ3n) is 34.9. The van der Waals surface area contributed by atoms with Crippen molar-refractivity contribution in [3.8, 4) is 0 Å². The normalized spacial score (nSPS) is 41.8. The Labute approximate surface area is 663 Å². The summed E-state index contributed by atoms with van der Waals surface area (Å²) in [7, 11) is 0. The average Bonchev–Trinajstić information content (AvgIpc) is 1.64. The lowest BCUT2D eigenvalue weighted by Gasteiger charge is -2.64. The Morgan fingerprint density at radius 3 is 1.14 bits per heavy atom. The zero-order chi connectivity index (χ0) is 79.6. The fraction of sp³-hybridized carbons (Fsp3) is 0.839. The molecule has 111 heavy (non-hydrogen) atoms. The second-order valence-electron chi connectivity index (χ2n) is 40.4. The van der Waals surface area contributed by atoms with Gasteiger partial charge in [0.05, 0.1) is 0 Å². The number of benzene rings is 1. The van der Waals surface area contributed by atoms with Crippen LogP contribution in [0.1, 0.15) is 313 Å². The highest BCUT2D eigenvalue weighted by atomic mass is 16.6. The van der Waals surface area contributed by atoms with E-state index in [1.807, 2.05) is 18.2 Å². The summed E-state index contributed by atoms with van der Waals surface area (Å²) in [6.07, 6.45) is 25.2. The SMILES string of the molecule is CC(=O)O[C@@H]1CC[C@@]2(C)[C@H](CC[C@@H]3[C@@H]2CC[C@]2(C)[C@@H]([C@H](C)CCC(=O)OCc4cc(COC(=O)CC[C@@H](C)[C@H]5CC[C@H]6[C@@H]7CC[C@@H]8C[C@H](OC(C)=O)CC[C@]8(C)[C@H]7C[C@H](OC(C)=O)[C@]56C)cc(COC(=O)CC[C@@H](C)[C@H]5CC[C@H]6[C@@H]7[C@H](OC(C)=O)C[C@@H]8C[C@H](OC(C)=O)CC[C@]8(C)[C@H]7C[C@H](OC(C)=O)[C@]56C)c4)CC[C@@H]32)C1. The topological polar surface area (TPSA) is 237 Å². The molecule has 0 saturated heterocycles. The molecule has 0 spiro atoms. The van der Waals surface area contributed by atoms with Crippen LogP contribution >= 0.6 is 0 Å². The summed E-state index contributed by atoms with van der Waals surface area (Å²) >= 11 is 0. The van der Waals surface area contributed by atoms with Crippen LogP contribution in [0.25, 0.3) is 0 Å². The molecule has 12 aliphatic carbocycles. The Morgan fingerprint density at radius 1 is 0.342 bits per heavy atom. The minimum Gasteiger partial charge on any atom is -0.463 e. The Bertz CT molecular complexity index is 3600. The third kappa shape index (κ3) is 16.5. The molecule has 1 aromatic carbocycles. The van der Waals surface area contributed by atoms with Gasteiger partial charge in [-0.2, -0.15) is 0 Å². The van der Waals surface area contributed by atoms with Gasteiger partial charge in [-0.25, -0.2) is 0 Å². The Kier molecular flexibility index (Phi) is 25.0. The summed E-state index contributed by atoms with van der Waals surface area (Å²) in [5, 5.41) is 0. The van der Waals surface area contributed by atoms with Crippen LogP contribution < -0.4 is 0 Å². The zero-order valence-corrected chi connectivity index (χ0v) is 70.3. The fourth-order valence-corrected chi connectivity index (χ4v) is 29.9. The molecule has 18 nitrogen and oxygen atoms in total. The summed E-state index contributed by atoms with van der Waals surface area (Å²) in [5.74, 6) is 3.80. The summed E-state index contributed by atoms with van der Waals surface area (Å²) in [5.41, 5.74) is 1.84. The van der Waals surface area contributed by atoms with E-state index in [1.165, 1.54) is 80.1 Å². The maximum Gasteiger partial charge on any atom is 0.306 e. The fourth-order valence-electron chi connectivity index (χ4n) is 29.9. The Hall–Kier alpha value is -5.55. The van der Waals surface area contributed by atoms with E-state index in [4.69, 9.17) is 42.6 Å². The first kappa shape index (κ1) is 83.4. The third-order valence-corrected chi connectivity index (χ3v) is 34.9. The molecule has 0 amide bonds. The first-order chi connectivity index (χ1) is 52.5. The van der Waals surface area contributed by atoms with E-state index in [1.54, 1.807) is 0 Å². The highest BCUT2D eigenvalue weighted by Crippen LogP contribution is 2.73. The molecule has 12 fully saturated rings. The molecule has 0 aromatic heterocycles. The van der Waals surface area contributed by atoms with Crippen molar-refractivity contribution >= 4 is 53.7 Å². The van der Waals surface area contributed by atoms with Gasteiger partial charge in [0, 0.05) is 77.6 Å². The van der Waals surface area contributed by atoms with Gasteiger partial charge < -0.3 is 42.6 Å². The Balaban J connectivity index is 0.654. The molecule has 618 valence electrons. The molecule has 18 heteroatoms. The number of rotatable bonds is 24. The minimum atomic E-state index is -0.457. The van der Waals surface area contributed by atoms with Crippen molar-refractivity contribution in [2.75, 3.05) is 0 Å². The van der Waals surface area contributed by atoms with Crippen molar-refractivity contribution in [1.82, 2.24) is 0 Å². The van der Waals surface area contributed by atoms with Crippen LogP contribution in [-0.4, -0.2) is 90.3 Å². The van der Waals surface area contributed by atoms with E-state index in [-0.39, 0.29) is 197 Å². The van der Waals surface area contributed by atoms with Gasteiger partial charge in [-0.1, -0.05) is 62.3 Å². The van der Waals surface area contributed by atoms with Crippen molar-refractivity contribution in [3.05, 3.63) is 34.9 Å². The van der Waals surface area contributed by atoms with Crippen LogP contribution in [0.15, 0.2) is 18.2 Å². The van der Waals surface area contributed by atoms with Gasteiger partial charge in [-0.15, -0.1) is 0 Å². The maximum absolute atomic E-state index is 14.2. The van der Waals surface area contributed by atoms with Gasteiger partial charge >= 0.3 is 53.7 Å². The van der Waals surface area contributed by atoms with Crippen LogP contribution in [0.2, 0.25) is 0 Å². The number of hydrogen-bond acceptors (Lipinski definition) is 18. The first-order valence-corrected chi connectivity index (χ1v) is 44.2. The summed E-state index contributed by atoms with van der Waals surface area (Å²) in [4.78, 5) is 118. The molecular weight excluding hydrogens is 1410 g/mol. The minimum absolute atomic E-state index is 0.00118. The molecule has 0 N–H and O–H groups in total. The second kappa shape index (κ2) is 33.2. The van der Waals surface area contributed by atoms with Gasteiger partial charge in [0.1, 0.15) is 56.4 Å². The van der Waals surface area contributed by atoms with Crippen LogP contribution in [0, 0.1) is 139 Å². The van der Waals surface area contributed by atoms with Crippen molar-refractivity contribution in [1.29, 1.82) is 0 Å². The summed E-state index contributed by atoms with van der Waals surface area (Å²) in [6, 6.07) is 5.74. The zero-order valence-electron chi connectivity index (χ0n) is 70.3. The lowest BCUT2D eigenvalue weighted by Crippen LogP contribution is -2.63. The lowest BCUT2D eigenvalue weighted by atomic mass is 9.43. The molecule has 1 aromatic rings. The molecule has 13 rings (SSSR count). The van der Waals surface area contributed by atoms with Gasteiger partial charge in [0.2, 0.25) is 0 Å². The van der Waals surface area contributed by atoms with Crippen LogP contribution in [-0.2, 0) is 106 Å². The average molecular weight is 1540 g/mol. The van der Waals surface area contributed by atoms with Gasteiger partial charge in [0.15, 0.2) is 0 Å². The highest BCUT2D eigenvalue weighted by molar-refractivity contribution is 5.71. The number of carbonyl (C=O) groups excluding carboxylic acids is 9. The van der Waals surface area contributed by atoms with E-state index in [2.05, 4.69) is 62.3 Å². The van der Waals surface area contributed by atoms with Gasteiger partial charge in [-0.3, -0.25) is 43.2 Å². The molecule has 0 unspecified atom stereocenters. The Morgan fingerprint density at radius 2 is 0.694 bits per heavy atom. The standard InChI is InChI=1S/C93H138O18/c1-52(72-23-26-75-70-21-19-64-43-67(106-55(4)94)32-36-88(64,10)76(70)35-39-91(72,75)13)16-29-84(100)103-49-61-40-62(50-104-85(101)30-17-53(2)73-24-27-77-71-22-20-65-44-68(107-56(5)95)33-37-89(65,11)79(71)47-82(92(73,77)14)110-59(8)98)42-63(41-61)51-105-86(102)31-18-54(3)74-25-28-78-87-80(48-83(93(74,78)15)111-60(9)99)90(12)38-34-69(108-57(6)96)45-66(90)46-81(87)109-58(7)97/h40-42,52-54,64-83,87H,16-39,43-51H2,1-15H3/t52-,53-,54-,64-,65-,66+,67-,68-,69-,70+,71+,72-,73-,74-,75+,76+,77+,78+,79+,80+,81-,82+,83+,87+,88+,89+,90+,91-,92-,93-/m1/s1. The van der Waals surface area contributed by atoms with Crippen molar-refractivity contribution < 1.29 is 85.8 Å². The number of carbonyl (C=O) groups is 9. The van der Waals surface area contributed by atoms with E-state index < -0.39 is 5.41 Å². The van der Waals surface area contributed by atoms with Crippen LogP contribution in [0.5, 0.6) is 0 Å². The van der Waals surface area contributed by atoms with Gasteiger partial charge in [-0.05, 0) is 331 Å². The largest absolute Gasteiger partial charge is 0.463 e. The molecule has 0 heterocycles. The summed E-state index contributed by atoms with van der Waals surface area (Å²) in [6.45, 7) is 30.3. The quantitative estimate of drug-likeness (QED) is 0.0690. The van der Waals surface area contributed by atoms with Crippen molar-refractivity contribution in [2.45, 2.75) is 353 Å². The number of ether oxygens (including phenoxy) is 9. The van der Waals surface area contributed by atoms with Crippen molar-refractivity contribution in [3.63, 3.8) is 0 Å². The number of hydrogen-bond donors (Lipinski definition) is 0. The number of fused-ring (bicyclic) bond motifs is 15. The molecule has 0 bridgehead atoms. The second-order valence-corrected chi connectivity index (χ2v) is 40.4. The summed E-state index contributed by atoms with van der Waals surface area (Å²) < 4.78 is 55.0. The molecule has 12 aliphatic rings. The van der Waals surface area contributed by atoms with Gasteiger partial charge in [0.25, 0.3) is 0 Å². The smallest absolute Gasteiger partial charge is 0.306 e. The van der Waals surface area contributed by atoms with E-state index >= 15 is 0 Å². The predicted molar refractivity (Wildman–Crippen MR) is 416 cm³/mol. The molecule has 12 saturated carbocycles. The van der Waals surface area contributed by atoms with E-state index in [0.29, 0.717) is 114 Å². The predicted octanol–water partition coefficient (Wildman–Crippen LogP) is 18.5. The lowest BCUT2D eigenvalue weighted by molar-refractivity contribution is -0.224. The first-order valence-electron chi connectivity index (χ1n) is 44.2. The highest BCUT2D eigenvalue weighted by Gasteiger charge is 2.70. The number of esters is 9. The van der Waals surface area contributed by atoms with Crippen molar-refractivity contribution in [2.24, 2.45) is 139 Å². The molecular formula is C93H138O18. The van der Waals surface area contributed by atoms with Crippen LogP contribution in [0.4, 0.5) is 0 Å². The van der Waals surface area contributed by atoms with E-state index in [9.17, 15) is 43.2 Å². The monoisotopic (exact) mass is 1540 g/mol. The van der Waals surface area contributed by atoms with E-state index in [0.717, 1.165) is 103 Å². The molecule has 30 atom stereocenters. The molecule has 0 radical (unpaired) electrons.